The molecule has 0 saturated heterocycles. The summed E-state index contributed by atoms with van der Waals surface area (Å²) in [6.07, 6.45) is 0.546. The SMILES string of the molecule is CC(C)CC(CO)NS(=O)(=O)c1cc(Cl)cc(Cl)c1. The third-order valence-corrected chi connectivity index (χ3v) is 4.38. The normalized spacial score (nSPS) is 13.8. The van der Waals surface area contributed by atoms with Crippen LogP contribution in [0.25, 0.3) is 0 Å². The summed E-state index contributed by atoms with van der Waals surface area (Å²) < 4.78 is 26.7. The molecule has 108 valence electrons. The Kier molecular flexibility index (Phi) is 6.08. The largest absolute Gasteiger partial charge is 0.395 e. The number of hydrogen-bond donors (Lipinski definition) is 2. The molecule has 0 aliphatic carbocycles. The van der Waals surface area contributed by atoms with Gasteiger partial charge in [-0.15, -0.1) is 0 Å². The molecule has 19 heavy (non-hydrogen) atoms. The highest BCUT2D eigenvalue weighted by Gasteiger charge is 2.21. The smallest absolute Gasteiger partial charge is 0.241 e. The van der Waals surface area contributed by atoms with Crippen LogP contribution in [0.3, 0.4) is 0 Å². The van der Waals surface area contributed by atoms with Crippen LogP contribution in [0, 0.1) is 5.92 Å². The van der Waals surface area contributed by atoms with Crippen LogP contribution in [0.15, 0.2) is 23.1 Å². The minimum atomic E-state index is -3.74. The zero-order valence-corrected chi connectivity index (χ0v) is 13.1. The van der Waals surface area contributed by atoms with E-state index in [9.17, 15) is 13.5 Å². The Morgan fingerprint density at radius 2 is 1.74 bits per heavy atom. The average Bonchev–Trinajstić information content (AvgIpc) is 2.25. The van der Waals surface area contributed by atoms with E-state index < -0.39 is 16.1 Å². The fourth-order valence-electron chi connectivity index (χ4n) is 1.70. The molecule has 1 aromatic rings. The first-order valence-electron chi connectivity index (χ1n) is 5.84. The molecule has 1 unspecified atom stereocenters. The highest BCUT2D eigenvalue weighted by atomic mass is 35.5. The summed E-state index contributed by atoms with van der Waals surface area (Å²) in [4.78, 5) is -0.00722. The molecule has 0 spiro atoms. The number of halogens is 2. The van der Waals surface area contributed by atoms with Crippen molar-refractivity contribution in [2.45, 2.75) is 31.2 Å². The van der Waals surface area contributed by atoms with Crippen LogP contribution < -0.4 is 4.72 Å². The van der Waals surface area contributed by atoms with E-state index in [4.69, 9.17) is 23.2 Å². The molecule has 0 aromatic heterocycles. The minimum absolute atomic E-state index is 0.00722. The third-order valence-electron chi connectivity index (χ3n) is 2.44. The van der Waals surface area contributed by atoms with Crippen molar-refractivity contribution in [3.63, 3.8) is 0 Å². The van der Waals surface area contributed by atoms with Gasteiger partial charge in [0.25, 0.3) is 0 Å². The second kappa shape index (κ2) is 6.90. The van der Waals surface area contributed by atoms with Crippen LogP contribution in [0.4, 0.5) is 0 Å². The van der Waals surface area contributed by atoms with Gasteiger partial charge >= 0.3 is 0 Å². The maximum absolute atomic E-state index is 12.1. The van der Waals surface area contributed by atoms with Crippen molar-refractivity contribution >= 4 is 33.2 Å². The number of hydrogen-bond acceptors (Lipinski definition) is 3. The lowest BCUT2D eigenvalue weighted by Gasteiger charge is -2.18. The molecule has 1 atom stereocenters. The molecule has 4 nitrogen and oxygen atoms in total. The molecule has 2 N–H and O–H groups in total. The minimum Gasteiger partial charge on any atom is -0.395 e. The van der Waals surface area contributed by atoms with Crippen LogP contribution in [0.5, 0.6) is 0 Å². The molecule has 0 saturated carbocycles. The molecule has 0 aliphatic heterocycles. The van der Waals surface area contributed by atoms with E-state index in [1.165, 1.54) is 18.2 Å². The van der Waals surface area contributed by atoms with E-state index in [-0.39, 0.29) is 27.5 Å². The summed E-state index contributed by atoms with van der Waals surface area (Å²) in [6, 6.07) is 3.57. The van der Waals surface area contributed by atoms with Crippen LogP contribution in [-0.4, -0.2) is 26.2 Å². The Morgan fingerprint density at radius 1 is 1.21 bits per heavy atom. The van der Waals surface area contributed by atoms with Gasteiger partial charge in [-0.05, 0) is 30.5 Å². The van der Waals surface area contributed by atoms with Crippen molar-refractivity contribution in [2.24, 2.45) is 5.92 Å². The van der Waals surface area contributed by atoms with Gasteiger partial charge in [0.1, 0.15) is 0 Å². The van der Waals surface area contributed by atoms with Gasteiger partial charge in [0.2, 0.25) is 10.0 Å². The van der Waals surface area contributed by atoms with Crippen LogP contribution in [0.1, 0.15) is 20.3 Å². The number of aliphatic hydroxyl groups is 1. The molecule has 7 heteroatoms. The van der Waals surface area contributed by atoms with Crippen molar-refractivity contribution < 1.29 is 13.5 Å². The summed E-state index contributed by atoms with van der Waals surface area (Å²) in [7, 11) is -3.74. The molecule has 1 rings (SSSR count). The average molecular weight is 326 g/mol. The zero-order valence-electron chi connectivity index (χ0n) is 10.7. The van der Waals surface area contributed by atoms with E-state index in [0.717, 1.165) is 0 Å². The first-order valence-corrected chi connectivity index (χ1v) is 8.08. The van der Waals surface area contributed by atoms with Gasteiger partial charge in [0.15, 0.2) is 0 Å². The monoisotopic (exact) mass is 325 g/mol. The van der Waals surface area contributed by atoms with E-state index in [2.05, 4.69) is 4.72 Å². The highest BCUT2D eigenvalue weighted by molar-refractivity contribution is 7.89. The Morgan fingerprint density at radius 3 is 2.16 bits per heavy atom. The lowest BCUT2D eigenvalue weighted by molar-refractivity contribution is 0.240. The van der Waals surface area contributed by atoms with Gasteiger partial charge in [-0.1, -0.05) is 37.0 Å². The Balaban J connectivity index is 2.96. The molecule has 1 aromatic carbocycles. The lowest BCUT2D eigenvalue weighted by Crippen LogP contribution is -2.38. The third kappa shape index (κ3) is 5.28. The lowest BCUT2D eigenvalue weighted by atomic mass is 10.1. The number of rotatable bonds is 6. The van der Waals surface area contributed by atoms with Gasteiger partial charge in [-0.25, -0.2) is 13.1 Å². The summed E-state index contributed by atoms with van der Waals surface area (Å²) in [5.41, 5.74) is 0. The maximum Gasteiger partial charge on any atom is 0.241 e. The summed E-state index contributed by atoms with van der Waals surface area (Å²) in [6.45, 7) is 3.64. The van der Waals surface area contributed by atoms with E-state index >= 15 is 0 Å². The van der Waals surface area contributed by atoms with Crippen LogP contribution in [0.2, 0.25) is 10.0 Å². The van der Waals surface area contributed by atoms with Crippen molar-refractivity contribution in [3.05, 3.63) is 28.2 Å². The Hall–Kier alpha value is -0.330. The fraction of sp³-hybridized carbons (Fsp3) is 0.500. The summed E-state index contributed by atoms with van der Waals surface area (Å²) in [5.74, 6) is 0.266. The number of sulfonamides is 1. The molecule has 0 amide bonds. The van der Waals surface area contributed by atoms with Crippen LogP contribution in [-0.2, 0) is 10.0 Å². The quantitative estimate of drug-likeness (QED) is 0.845. The number of nitrogens with one attached hydrogen (secondary N) is 1. The molecule has 0 bridgehead atoms. The predicted molar refractivity (Wildman–Crippen MR) is 77.1 cm³/mol. The van der Waals surface area contributed by atoms with Gasteiger partial charge in [-0.2, -0.15) is 0 Å². The maximum atomic E-state index is 12.1. The van der Waals surface area contributed by atoms with Crippen molar-refractivity contribution in [2.75, 3.05) is 6.61 Å². The van der Waals surface area contributed by atoms with Crippen molar-refractivity contribution in [1.82, 2.24) is 4.72 Å². The molecule has 0 heterocycles. The van der Waals surface area contributed by atoms with Gasteiger partial charge < -0.3 is 5.11 Å². The van der Waals surface area contributed by atoms with Gasteiger partial charge in [-0.3, -0.25) is 0 Å². The Labute approximate surface area is 123 Å². The van der Waals surface area contributed by atoms with E-state index in [1.807, 2.05) is 13.8 Å². The summed E-state index contributed by atoms with van der Waals surface area (Å²) in [5, 5.41) is 9.71. The highest BCUT2D eigenvalue weighted by Crippen LogP contribution is 2.22. The van der Waals surface area contributed by atoms with Crippen LogP contribution >= 0.6 is 23.2 Å². The first kappa shape index (κ1) is 16.7. The van der Waals surface area contributed by atoms with Crippen molar-refractivity contribution in [1.29, 1.82) is 0 Å². The topological polar surface area (TPSA) is 66.4 Å². The van der Waals surface area contributed by atoms with E-state index in [0.29, 0.717) is 6.42 Å². The van der Waals surface area contributed by atoms with Gasteiger partial charge in [0.05, 0.1) is 11.5 Å². The first-order chi connectivity index (χ1) is 8.74. The van der Waals surface area contributed by atoms with Crippen molar-refractivity contribution in [3.8, 4) is 0 Å². The standard InChI is InChI=1S/C12H17Cl2NO3S/c1-8(2)3-11(7-16)15-19(17,18)12-5-9(13)4-10(14)6-12/h4-6,8,11,15-16H,3,7H2,1-2H3. The number of aliphatic hydroxyl groups excluding tert-OH is 1. The summed E-state index contributed by atoms with van der Waals surface area (Å²) >= 11 is 11.6. The molecule has 0 aliphatic rings. The zero-order chi connectivity index (χ0) is 14.6. The fourth-order valence-corrected chi connectivity index (χ4v) is 3.67. The molecular formula is C12H17Cl2NO3S. The number of benzene rings is 1. The molecule has 0 fully saturated rings. The predicted octanol–water partition coefficient (Wildman–Crippen LogP) is 2.68. The Bertz CT molecular complexity index is 512. The molecule has 0 radical (unpaired) electrons. The van der Waals surface area contributed by atoms with Gasteiger partial charge in [0, 0.05) is 16.1 Å². The molecular weight excluding hydrogens is 309 g/mol. The second-order valence-corrected chi connectivity index (χ2v) is 7.32. The van der Waals surface area contributed by atoms with E-state index in [1.54, 1.807) is 0 Å². The second-order valence-electron chi connectivity index (χ2n) is 4.74.